The van der Waals surface area contributed by atoms with Crippen molar-refractivity contribution in [3.63, 3.8) is 0 Å². The van der Waals surface area contributed by atoms with Crippen LogP contribution < -0.4 is 4.74 Å². The summed E-state index contributed by atoms with van der Waals surface area (Å²) in [7, 11) is 1.59. The molecule has 1 amide bonds. The van der Waals surface area contributed by atoms with Gasteiger partial charge in [0.15, 0.2) is 0 Å². The van der Waals surface area contributed by atoms with Gasteiger partial charge in [-0.15, -0.1) is 0 Å². The number of ether oxygens (including phenoxy) is 2. The molecule has 0 aromatic heterocycles. The van der Waals surface area contributed by atoms with E-state index in [1.165, 1.54) is 4.90 Å². The maximum atomic E-state index is 13.1. The van der Waals surface area contributed by atoms with Gasteiger partial charge in [-0.3, -0.25) is 4.90 Å². The number of carbonyl (C=O) groups is 2. The van der Waals surface area contributed by atoms with Crippen LogP contribution >= 0.6 is 0 Å². The van der Waals surface area contributed by atoms with Crippen LogP contribution in [-0.4, -0.2) is 40.8 Å². The molecule has 0 aliphatic carbocycles. The number of rotatable bonds is 4. The number of amides is 1. The molecule has 6 nitrogen and oxygen atoms in total. The Bertz CT molecular complexity index is 857. The van der Waals surface area contributed by atoms with Crippen LogP contribution in [-0.2, 0) is 9.53 Å². The van der Waals surface area contributed by atoms with Crippen LogP contribution in [0.15, 0.2) is 54.6 Å². The molecule has 1 aliphatic rings. The zero-order valence-electron chi connectivity index (χ0n) is 17.2. The van der Waals surface area contributed by atoms with E-state index in [-0.39, 0.29) is 5.92 Å². The van der Waals surface area contributed by atoms with E-state index >= 15 is 0 Å². The topological polar surface area (TPSA) is 76.1 Å². The first-order chi connectivity index (χ1) is 13.7. The van der Waals surface area contributed by atoms with Gasteiger partial charge in [0.25, 0.3) is 0 Å². The Hall–Kier alpha value is -3.02. The number of carboxylic acid groups (broad SMARTS) is 1. The minimum atomic E-state index is -1.04. The molecule has 29 heavy (non-hydrogen) atoms. The van der Waals surface area contributed by atoms with Crippen molar-refractivity contribution in [1.29, 1.82) is 0 Å². The monoisotopic (exact) mass is 397 g/mol. The summed E-state index contributed by atoms with van der Waals surface area (Å²) < 4.78 is 10.8. The fourth-order valence-electron chi connectivity index (χ4n) is 3.86. The average molecular weight is 397 g/mol. The fraction of sp³-hybridized carbons (Fsp3) is 0.391. The van der Waals surface area contributed by atoms with Gasteiger partial charge in [-0.25, -0.2) is 9.59 Å². The summed E-state index contributed by atoms with van der Waals surface area (Å²) in [6.07, 6.45) is -0.129. The van der Waals surface area contributed by atoms with Gasteiger partial charge in [0, 0.05) is 5.92 Å². The largest absolute Gasteiger partial charge is 0.497 e. The lowest BCUT2D eigenvalue weighted by atomic mass is 9.89. The lowest BCUT2D eigenvalue weighted by Crippen LogP contribution is -2.46. The fourth-order valence-corrected chi connectivity index (χ4v) is 3.86. The first kappa shape index (κ1) is 20.7. The number of carbonyl (C=O) groups excluding carboxylic acids is 1. The summed E-state index contributed by atoms with van der Waals surface area (Å²) in [5.74, 6) is -0.681. The summed E-state index contributed by atoms with van der Waals surface area (Å²) in [5, 5.41) is 10.0. The van der Waals surface area contributed by atoms with Gasteiger partial charge in [-0.05, 0) is 50.5 Å². The standard InChI is InChI=1S/C23H27NO5/c1-23(2,3)29-22(27)24-19(16-10-12-17(28-4)13-11-16)14-18(20(24)21(25)26)15-8-6-5-7-9-15/h5-13,18-20H,14H2,1-4H3,(H,25,26)/t18-,19?,20-/m0/s1. The zero-order chi connectivity index (χ0) is 21.2. The Kier molecular flexibility index (Phi) is 5.82. The third kappa shape index (κ3) is 4.53. The maximum Gasteiger partial charge on any atom is 0.411 e. The van der Waals surface area contributed by atoms with Gasteiger partial charge in [0.1, 0.15) is 17.4 Å². The number of carboxylic acids is 1. The van der Waals surface area contributed by atoms with E-state index in [1.54, 1.807) is 27.9 Å². The van der Waals surface area contributed by atoms with E-state index in [0.717, 1.165) is 11.1 Å². The van der Waals surface area contributed by atoms with Crippen LogP contribution in [0.5, 0.6) is 5.75 Å². The van der Waals surface area contributed by atoms with Gasteiger partial charge in [-0.2, -0.15) is 0 Å². The lowest BCUT2D eigenvalue weighted by molar-refractivity contribution is -0.143. The molecule has 154 valence electrons. The predicted molar refractivity (Wildman–Crippen MR) is 109 cm³/mol. The number of nitrogens with zero attached hydrogens (tertiary/aromatic N) is 1. The maximum absolute atomic E-state index is 13.1. The molecule has 1 heterocycles. The van der Waals surface area contributed by atoms with Crippen LogP contribution in [0.2, 0.25) is 0 Å². The van der Waals surface area contributed by atoms with Crippen molar-refractivity contribution in [2.45, 2.75) is 50.8 Å². The van der Waals surface area contributed by atoms with Crippen LogP contribution in [0, 0.1) is 0 Å². The molecule has 1 unspecified atom stereocenters. The summed E-state index contributed by atoms with van der Waals surface area (Å²) >= 11 is 0. The molecule has 0 bridgehead atoms. The molecule has 1 aliphatic heterocycles. The minimum Gasteiger partial charge on any atom is -0.497 e. The highest BCUT2D eigenvalue weighted by Gasteiger charge is 2.50. The number of hydrogen-bond acceptors (Lipinski definition) is 4. The second-order valence-electron chi connectivity index (χ2n) is 8.21. The van der Waals surface area contributed by atoms with Gasteiger partial charge < -0.3 is 14.6 Å². The number of aliphatic carboxylic acids is 1. The van der Waals surface area contributed by atoms with Gasteiger partial charge in [0.05, 0.1) is 13.2 Å². The van der Waals surface area contributed by atoms with Crippen molar-refractivity contribution in [2.75, 3.05) is 7.11 Å². The second kappa shape index (κ2) is 8.15. The van der Waals surface area contributed by atoms with Crippen LogP contribution in [0.25, 0.3) is 0 Å². The van der Waals surface area contributed by atoms with E-state index < -0.39 is 29.7 Å². The highest BCUT2D eigenvalue weighted by atomic mass is 16.6. The zero-order valence-corrected chi connectivity index (χ0v) is 17.2. The van der Waals surface area contributed by atoms with Crippen LogP contribution in [0.4, 0.5) is 4.79 Å². The molecule has 0 saturated carbocycles. The molecular formula is C23H27NO5. The molecule has 0 spiro atoms. The summed E-state index contributed by atoms with van der Waals surface area (Å²) in [6, 6.07) is 15.4. The van der Waals surface area contributed by atoms with Crippen LogP contribution in [0.3, 0.4) is 0 Å². The SMILES string of the molecule is COc1ccc(C2C[C@@H](c3ccccc3)[C@@H](C(=O)O)N2C(=O)OC(C)(C)C)cc1. The summed E-state index contributed by atoms with van der Waals surface area (Å²) in [4.78, 5) is 26.7. The first-order valence-electron chi connectivity index (χ1n) is 9.64. The number of methoxy groups -OCH3 is 1. The van der Waals surface area contributed by atoms with Crippen LogP contribution in [0.1, 0.15) is 50.3 Å². The van der Waals surface area contributed by atoms with Crippen molar-refractivity contribution >= 4 is 12.1 Å². The van der Waals surface area contributed by atoms with Crippen molar-refractivity contribution < 1.29 is 24.2 Å². The van der Waals surface area contributed by atoms with Gasteiger partial charge >= 0.3 is 12.1 Å². The Morgan fingerprint density at radius 2 is 1.62 bits per heavy atom. The van der Waals surface area contributed by atoms with Crippen molar-refractivity contribution in [2.24, 2.45) is 0 Å². The number of benzene rings is 2. The Morgan fingerprint density at radius 1 is 1.00 bits per heavy atom. The third-order valence-corrected chi connectivity index (χ3v) is 5.08. The van der Waals surface area contributed by atoms with E-state index in [9.17, 15) is 14.7 Å². The Morgan fingerprint density at radius 3 is 2.14 bits per heavy atom. The number of likely N-dealkylation sites (tertiary alicyclic amines) is 1. The lowest BCUT2D eigenvalue weighted by Gasteiger charge is -2.32. The van der Waals surface area contributed by atoms with E-state index in [4.69, 9.17) is 9.47 Å². The molecule has 3 rings (SSSR count). The van der Waals surface area contributed by atoms with Gasteiger partial charge in [-0.1, -0.05) is 42.5 Å². The highest BCUT2D eigenvalue weighted by molar-refractivity contribution is 5.83. The van der Waals surface area contributed by atoms with Crippen molar-refractivity contribution in [1.82, 2.24) is 4.90 Å². The van der Waals surface area contributed by atoms with Crippen molar-refractivity contribution in [3.8, 4) is 5.75 Å². The summed E-state index contributed by atoms with van der Waals surface area (Å²) in [5.41, 5.74) is 1.01. The normalized spacial score (nSPS) is 21.7. The molecule has 6 heteroatoms. The molecular weight excluding hydrogens is 370 g/mol. The van der Waals surface area contributed by atoms with Crippen molar-refractivity contribution in [3.05, 3.63) is 65.7 Å². The molecule has 1 fully saturated rings. The van der Waals surface area contributed by atoms with E-state index in [2.05, 4.69) is 0 Å². The molecule has 2 aromatic carbocycles. The molecule has 1 N–H and O–H groups in total. The average Bonchev–Trinajstić information content (AvgIpc) is 3.08. The smallest absolute Gasteiger partial charge is 0.411 e. The Labute approximate surface area is 171 Å². The number of hydrogen-bond donors (Lipinski definition) is 1. The minimum absolute atomic E-state index is 0.340. The summed E-state index contributed by atoms with van der Waals surface area (Å²) in [6.45, 7) is 5.31. The highest BCUT2D eigenvalue weighted by Crippen LogP contribution is 2.46. The Balaban J connectivity index is 2.05. The quantitative estimate of drug-likeness (QED) is 0.815. The van der Waals surface area contributed by atoms with E-state index in [1.807, 2.05) is 54.6 Å². The predicted octanol–water partition coefficient (Wildman–Crippen LogP) is 4.61. The second-order valence-corrected chi connectivity index (χ2v) is 8.21. The van der Waals surface area contributed by atoms with E-state index in [0.29, 0.717) is 12.2 Å². The molecule has 2 aromatic rings. The third-order valence-electron chi connectivity index (χ3n) is 5.08. The van der Waals surface area contributed by atoms with Gasteiger partial charge in [0.2, 0.25) is 0 Å². The molecule has 3 atom stereocenters. The first-order valence-corrected chi connectivity index (χ1v) is 9.64. The molecule has 0 radical (unpaired) electrons. The molecule has 1 saturated heterocycles.